The zero-order valence-corrected chi connectivity index (χ0v) is 20.3. The van der Waals surface area contributed by atoms with Gasteiger partial charge in [-0.15, -0.1) is 11.3 Å². The number of carbonyl (C=O) groups excluding carboxylic acids is 1. The van der Waals surface area contributed by atoms with Gasteiger partial charge < -0.3 is 15.4 Å². The molecule has 3 aromatic carbocycles. The number of benzene rings is 3. The number of aryl methyl sites for hydroxylation is 1. The van der Waals surface area contributed by atoms with E-state index in [1.807, 2.05) is 45.0 Å². The molecule has 4 aromatic rings. The zero-order chi connectivity index (χ0) is 23.4. The van der Waals surface area contributed by atoms with Crippen molar-refractivity contribution in [3.05, 3.63) is 77.9 Å². The van der Waals surface area contributed by atoms with E-state index in [1.54, 1.807) is 11.3 Å². The third-order valence-electron chi connectivity index (χ3n) is 4.98. The molecule has 1 aromatic heterocycles. The lowest BCUT2D eigenvalue weighted by Gasteiger charge is -2.20. The van der Waals surface area contributed by atoms with E-state index in [0.717, 1.165) is 27.3 Å². The number of ether oxygens (including phenoxy) is 1. The first-order chi connectivity index (χ1) is 15.7. The Kier molecular flexibility index (Phi) is 6.65. The summed E-state index contributed by atoms with van der Waals surface area (Å²) in [7, 11) is 0. The van der Waals surface area contributed by atoms with Crippen molar-refractivity contribution in [2.75, 3.05) is 11.9 Å². The van der Waals surface area contributed by atoms with Crippen molar-refractivity contribution in [1.82, 2.24) is 10.3 Å². The fraction of sp³-hybridized carbons (Fsp3) is 0.259. The number of thiazole rings is 1. The minimum Gasteiger partial charge on any atom is -0.484 e. The molecule has 2 N–H and O–H groups in total. The van der Waals surface area contributed by atoms with Crippen molar-refractivity contribution in [2.45, 2.75) is 39.8 Å². The number of fused-ring (bicyclic) bond motifs is 1. The summed E-state index contributed by atoms with van der Waals surface area (Å²) in [4.78, 5) is 16.6. The fourth-order valence-electron chi connectivity index (χ4n) is 3.40. The van der Waals surface area contributed by atoms with Crippen LogP contribution in [0.15, 0.2) is 66.7 Å². The van der Waals surface area contributed by atoms with Gasteiger partial charge in [0.1, 0.15) is 10.8 Å². The topological polar surface area (TPSA) is 63.3 Å². The Morgan fingerprint density at radius 2 is 1.73 bits per heavy atom. The van der Waals surface area contributed by atoms with Crippen molar-refractivity contribution in [3.8, 4) is 16.3 Å². The molecule has 0 spiro atoms. The summed E-state index contributed by atoms with van der Waals surface area (Å²) in [5, 5.41) is 7.37. The zero-order valence-electron chi connectivity index (χ0n) is 19.4. The minimum atomic E-state index is -0.262. The lowest BCUT2D eigenvalue weighted by molar-refractivity contribution is -0.124. The van der Waals surface area contributed by atoms with Gasteiger partial charge in [-0.1, -0.05) is 18.2 Å². The predicted molar refractivity (Wildman–Crippen MR) is 137 cm³/mol. The standard InChI is InChI=1S/C27H29N3O2S/c1-18-5-14-23-24(15-18)33-26(29-23)20-8-10-21(11-9-20)28-16-19-6-12-22(13-7-19)32-17-25(31)30-27(2,3)4/h5-15,28H,16-17H2,1-4H3,(H,30,31). The Bertz CT molecular complexity index is 1240. The van der Waals surface area contributed by atoms with Crippen LogP contribution in [0.25, 0.3) is 20.8 Å². The molecule has 33 heavy (non-hydrogen) atoms. The highest BCUT2D eigenvalue weighted by Crippen LogP contribution is 2.31. The van der Waals surface area contributed by atoms with Crippen LogP contribution in [0.2, 0.25) is 0 Å². The van der Waals surface area contributed by atoms with Crippen LogP contribution in [0.4, 0.5) is 5.69 Å². The largest absolute Gasteiger partial charge is 0.484 e. The van der Waals surface area contributed by atoms with Crippen LogP contribution in [-0.2, 0) is 11.3 Å². The van der Waals surface area contributed by atoms with Gasteiger partial charge in [-0.05, 0) is 87.4 Å². The van der Waals surface area contributed by atoms with Gasteiger partial charge in [-0.25, -0.2) is 4.98 Å². The average molecular weight is 460 g/mol. The van der Waals surface area contributed by atoms with Crippen molar-refractivity contribution >= 4 is 33.1 Å². The van der Waals surface area contributed by atoms with E-state index in [4.69, 9.17) is 9.72 Å². The first-order valence-electron chi connectivity index (χ1n) is 11.0. The van der Waals surface area contributed by atoms with Crippen LogP contribution < -0.4 is 15.4 Å². The van der Waals surface area contributed by atoms with Gasteiger partial charge >= 0.3 is 0 Å². The van der Waals surface area contributed by atoms with E-state index in [9.17, 15) is 4.79 Å². The number of rotatable bonds is 7. The molecule has 0 fully saturated rings. The second-order valence-electron chi connectivity index (χ2n) is 9.15. The molecule has 6 heteroatoms. The summed E-state index contributed by atoms with van der Waals surface area (Å²) in [6, 6.07) is 22.5. The Morgan fingerprint density at radius 1 is 1.00 bits per heavy atom. The lowest BCUT2D eigenvalue weighted by Crippen LogP contribution is -2.43. The molecule has 0 aliphatic heterocycles. The van der Waals surface area contributed by atoms with Crippen molar-refractivity contribution in [3.63, 3.8) is 0 Å². The van der Waals surface area contributed by atoms with E-state index in [1.165, 1.54) is 10.3 Å². The maximum absolute atomic E-state index is 11.9. The highest BCUT2D eigenvalue weighted by Gasteiger charge is 2.14. The number of anilines is 1. The first-order valence-corrected chi connectivity index (χ1v) is 11.8. The molecule has 1 amide bonds. The highest BCUT2D eigenvalue weighted by molar-refractivity contribution is 7.21. The van der Waals surface area contributed by atoms with E-state index in [0.29, 0.717) is 12.3 Å². The summed E-state index contributed by atoms with van der Waals surface area (Å²) in [5.41, 5.74) is 5.34. The van der Waals surface area contributed by atoms with Crippen LogP contribution in [0.5, 0.6) is 5.75 Å². The van der Waals surface area contributed by atoms with Gasteiger partial charge in [0.2, 0.25) is 0 Å². The first kappa shape index (κ1) is 22.8. The number of hydrogen-bond donors (Lipinski definition) is 2. The summed E-state index contributed by atoms with van der Waals surface area (Å²) >= 11 is 1.72. The maximum Gasteiger partial charge on any atom is 0.258 e. The van der Waals surface area contributed by atoms with Crippen LogP contribution in [0.3, 0.4) is 0 Å². The molecule has 1 heterocycles. The van der Waals surface area contributed by atoms with E-state index in [2.05, 4.69) is 60.0 Å². The van der Waals surface area contributed by atoms with Crippen LogP contribution in [-0.4, -0.2) is 23.0 Å². The van der Waals surface area contributed by atoms with Crippen LogP contribution >= 0.6 is 11.3 Å². The van der Waals surface area contributed by atoms with Crippen molar-refractivity contribution in [2.24, 2.45) is 0 Å². The summed E-state index contributed by atoms with van der Waals surface area (Å²) in [6.45, 7) is 8.65. The number of nitrogens with one attached hydrogen (secondary N) is 2. The quantitative estimate of drug-likeness (QED) is 0.346. The summed E-state index contributed by atoms with van der Waals surface area (Å²) in [5.74, 6) is 0.552. The van der Waals surface area contributed by atoms with E-state index < -0.39 is 0 Å². The monoisotopic (exact) mass is 459 g/mol. The second kappa shape index (κ2) is 9.63. The molecule has 0 saturated carbocycles. The Hall–Kier alpha value is -3.38. The molecule has 5 nitrogen and oxygen atoms in total. The molecule has 0 atom stereocenters. The van der Waals surface area contributed by atoms with E-state index in [-0.39, 0.29) is 18.1 Å². The van der Waals surface area contributed by atoms with Gasteiger partial charge in [-0.2, -0.15) is 0 Å². The van der Waals surface area contributed by atoms with Gasteiger partial charge in [0.25, 0.3) is 5.91 Å². The molecule has 0 saturated heterocycles. The lowest BCUT2D eigenvalue weighted by atomic mass is 10.1. The van der Waals surface area contributed by atoms with Gasteiger partial charge in [-0.3, -0.25) is 4.79 Å². The average Bonchev–Trinajstić information content (AvgIpc) is 3.19. The van der Waals surface area contributed by atoms with Crippen molar-refractivity contribution < 1.29 is 9.53 Å². The Balaban J connectivity index is 1.30. The van der Waals surface area contributed by atoms with Crippen LogP contribution in [0, 0.1) is 6.92 Å². The SMILES string of the molecule is Cc1ccc2nc(-c3ccc(NCc4ccc(OCC(=O)NC(C)(C)C)cc4)cc3)sc2c1. The molecular weight excluding hydrogens is 430 g/mol. The van der Waals surface area contributed by atoms with Gasteiger partial charge in [0.05, 0.1) is 10.2 Å². The van der Waals surface area contributed by atoms with Crippen LogP contribution in [0.1, 0.15) is 31.9 Å². The smallest absolute Gasteiger partial charge is 0.258 e. The number of aromatic nitrogens is 1. The number of hydrogen-bond acceptors (Lipinski definition) is 5. The molecule has 0 unspecified atom stereocenters. The summed E-state index contributed by atoms with van der Waals surface area (Å²) < 4.78 is 6.79. The molecular formula is C27H29N3O2S. The Morgan fingerprint density at radius 3 is 2.42 bits per heavy atom. The molecule has 0 radical (unpaired) electrons. The fourth-order valence-corrected chi connectivity index (χ4v) is 4.47. The second-order valence-corrected chi connectivity index (χ2v) is 10.2. The van der Waals surface area contributed by atoms with E-state index >= 15 is 0 Å². The molecule has 4 rings (SSSR count). The third kappa shape index (κ3) is 6.33. The number of nitrogens with zero attached hydrogens (tertiary/aromatic N) is 1. The number of carbonyl (C=O) groups is 1. The normalized spacial score (nSPS) is 11.4. The third-order valence-corrected chi connectivity index (χ3v) is 6.05. The van der Waals surface area contributed by atoms with Gasteiger partial charge in [0.15, 0.2) is 6.61 Å². The van der Waals surface area contributed by atoms with Crippen molar-refractivity contribution in [1.29, 1.82) is 0 Å². The maximum atomic E-state index is 11.9. The predicted octanol–water partition coefficient (Wildman–Crippen LogP) is 6.18. The molecule has 0 aliphatic carbocycles. The molecule has 0 bridgehead atoms. The number of amides is 1. The molecule has 170 valence electrons. The highest BCUT2D eigenvalue weighted by atomic mass is 32.1. The van der Waals surface area contributed by atoms with Gasteiger partial charge in [0, 0.05) is 23.3 Å². The Labute approximate surface area is 198 Å². The minimum absolute atomic E-state index is 0.00941. The summed E-state index contributed by atoms with van der Waals surface area (Å²) in [6.07, 6.45) is 0. The molecule has 0 aliphatic rings.